The summed E-state index contributed by atoms with van der Waals surface area (Å²) >= 11 is 0. The molecule has 30 nitrogen and oxygen atoms in total. The van der Waals surface area contributed by atoms with E-state index >= 15 is 0 Å². The third-order valence-corrected chi connectivity index (χ3v) is 19.8. The summed E-state index contributed by atoms with van der Waals surface area (Å²) in [6.07, 6.45) is 7.52. The number of oxime groups is 1. The number of carboxylic acids is 2. The second-order valence-electron chi connectivity index (χ2n) is 37.3. The van der Waals surface area contributed by atoms with Gasteiger partial charge in [0.25, 0.3) is 0 Å². The number of amides is 3. The van der Waals surface area contributed by atoms with Crippen LogP contribution in [0.1, 0.15) is 266 Å². The molecule has 30 heteroatoms. The fourth-order valence-electron chi connectivity index (χ4n) is 13.1. The van der Waals surface area contributed by atoms with Crippen molar-refractivity contribution in [3.05, 3.63) is 131 Å². The van der Waals surface area contributed by atoms with Gasteiger partial charge in [-0.05, 0) is 218 Å². The number of esters is 3. The monoisotopic (exact) mass is 1600 g/mol. The Labute approximate surface area is 675 Å². The summed E-state index contributed by atoms with van der Waals surface area (Å²) in [5, 5.41) is 44.2. The molecule has 2 aromatic heterocycles. The van der Waals surface area contributed by atoms with Crippen LogP contribution in [0.25, 0.3) is 0 Å². The number of carbonyl (C=O) groups excluding carboxylic acids is 6. The highest BCUT2D eigenvalue weighted by Crippen LogP contribution is 2.54. The molecule has 3 amide bonds. The Morgan fingerprint density at radius 3 is 1.31 bits per heavy atom. The summed E-state index contributed by atoms with van der Waals surface area (Å²) in [6, 6.07) is 29.7. The summed E-state index contributed by atoms with van der Waals surface area (Å²) in [4.78, 5) is 110. The van der Waals surface area contributed by atoms with E-state index in [1.807, 2.05) is 88.9 Å². The van der Waals surface area contributed by atoms with E-state index in [4.69, 9.17) is 64.4 Å². The molecule has 8 atom stereocenters. The zero-order valence-electron chi connectivity index (χ0n) is 70.2. The van der Waals surface area contributed by atoms with Gasteiger partial charge in [-0.2, -0.15) is 9.97 Å². The molecule has 6 aliphatic carbocycles. The summed E-state index contributed by atoms with van der Waals surface area (Å²) in [5.74, 6) is -1.75. The van der Waals surface area contributed by atoms with Crippen LogP contribution in [-0.4, -0.2) is 183 Å². The summed E-state index contributed by atoms with van der Waals surface area (Å²) < 4.78 is 43.5. The number of aromatic nitrogens is 4. The van der Waals surface area contributed by atoms with Gasteiger partial charge >= 0.3 is 48.1 Å². The Morgan fingerprint density at radius 1 is 0.522 bits per heavy atom. The van der Waals surface area contributed by atoms with Crippen LogP contribution >= 0.6 is 0 Å². The zero-order chi connectivity index (χ0) is 85.0. The number of carboxylic acid groups (broad SMARTS) is 2. The standard InChI is InChI=1S/C33H47N3O7.C19H24N4O3.C19H27N3O3.C14H25NO6/c1-30(2,3)40-26(37)22(27(38)41-31(4,5)6)15-16-25-34-28(35-43-25)33(17-18-33)20-36(29(39)42-32(7,8)9)24-19-23(24)21-13-11-10-12-14-21;20-14(17(24)25)6-7-16-22-18(23-26-16)19(8-9-19)11-21-15-10-13(15)12-4-2-1-3-5-12;1-18(2,3)25-17(23)22(12-19(9-10-19)16(20)21-24)15-11-14(15)13-7-5-4-6-8-13;1-13(2,3)20-11(18)9(7-8-10(16)17)15-12(19)21-14(4,5)6/h10-14,22-24H,15-20H2,1-9H3;1-5,13-15,21H,6-11,20H2,(H,24,25);4-8,14-15,24H,9-12H2,1-3H3,(H2,20,21);9H,7-8H2,1-6H3,(H,15,19)(H,16,17)/t23-,24+;13-,14-,15+;14-,15+;9-/m0000/s1. The van der Waals surface area contributed by atoms with Crippen molar-refractivity contribution in [2.45, 2.75) is 313 Å². The molecule has 0 unspecified atom stereocenters. The maximum absolute atomic E-state index is 13.4. The number of nitrogens with zero attached hydrogens (tertiary/aromatic N) is 7. The van der Waals surface area contributed by atoms with Crippen molar-refractivity contribution < 1.29 is 91.2 Å². The third kappa shape index (κ3) is 28.9. The molecule has 632 valence electrons. The largest absolute Gasteiger partial charge is 0.481 e. The molecule has 6 aliphatic rings. The van der Waals surface area contributed by atoms with E-state index in [0.717, 1.165) is 63.7 Å². The fraction of sp³-hybridized carbons (Fsp3) is 0.635. The number of ether oxygens (including phenoxy) is 6. The number of nitrogens with one attached hydrogen (secondary N) is 2. The number of aliphatic carboxylic acids is 2. The number of rotatable bonds is 29. The molecule has 115 heavy (non-hydrogen) atoms. The predicted octanol–water partition coefficient (Wildman–Crippen LogP) is 13.1. The van der Waals surface area contributed by atoms with Gasteiger partial charge in [0, 0.05) is 85.6 Å². The molecular formula is C85H123N11O19. The Hall–Kier alpha value is -9.71. The molecule has 3 aromatic carbocycles. The average molecular weight is 1600 g/mol. The van der Waals surface area contributed by atoms with Crippen LogP contribution in [0.4, 0.5) is 14.4 Å². The van der Waals surface area contributed by atoms with Crippen molar-refractivity contribution in [2.24, 2.45) is 28.0 Å². The van der Waals surface area contributed by atoms with E-state index in [-0.39, 0.29) is 67.1 Å². The van der Waals surface area contributed by atoms with Crippen LogP contribution in [0.15, 0.2) is 105 Å². The molecule has 0 aliphatic heterocycles. The van der Waals surface area contributed by atoms with Crippen LogP contribution in [-0.2, 0) is 76.1 Å². The minimum atomic E-state index is -1.13. The van der Waals surface area contributed by atoms with Crippen LogP contribution in [0, 0.1) is 11.3 Å². The van der Waals surface area contributed by atoms with Crippen LogP contribution in [0.3, 0.4) is 0 Å². The third-order valence-electron chi connectivity index (χ3n) is 19.8. The van der Waals surface area contributed by atoms with Crippen LogP contribution in [0.2, 0.25) is 0 Å². The molecule has 5 aromatic rings. The first-order chi connectivity index (χ1) is 53.5. The van der Waals surface area contributed by atoms with E-state index in [9.17, 15) is 38.4 Å². The number of carbonyl (C=O) groups is 8. The summed E-state index contributed by atoms with van der Waals surface area (Å²) in [7, 11) is 0. The van der Waals surface area contributed by atoms with E-state index in [1.54, 1.807) is 88.0 Å². The topological polar surface area (TPSA) is 425 Å². The number of benzene rings is 3. The Balaban J connectivity index is 0.000000200. The lowest BCUT2D eigenvalue weighted by Gasteiger charge is -2.30. The number of aryl methyl sites for hydroxylation is 2. The molecule has 0 radical (unpaired) electrons. The van der Waals surface area contributed by atoms with Gasteiger partial charge in [0.1, 0.15) is 51.5 Å². The SMILES string of the molecule is CC(C)(C)OC(=O)C(CCc1nc(C2(CN(C(=O)OC(C)(C)C)[C@@H]3C[C@H]3c3ccccc3)CC2)no1)C(=O)OC(C)(C)C.CC(C)(C)OC(=O)N(CC1(C(N)=NO)CC1)[C@@H]1C[C@H]1c1ccccc1.CC(C)(C)OC(=O)N[C@@H](CCC(=O)O)C(=O)OC(C)(C)C.N[C@@H](CCc1nc(C2(CN[C@@H]3C[C@H]3c3ccccc3)CC2)no1)C(=O)O. The zero-order valence-corrected chi connectivity index (χ0v) is 70.2. The van der Waals surface area contributed by atoms with Crippen LogP contribution < -0.4 is 22.1 Å². The lowest BCUT2D eigenvalue weighted by Crippen LogP contribution is -2.46. The van der Waals surface area contributed by atoms with Crippen molar-refractivity contribution in [3.8, 4) is 0 Å². The van der Waals surface area contributed by atoms with Crippen molar-refractivity contribution in [1.82, 2.24) is 40.7 Å². The normalized spacial score (nSPS) is 20.5. The summed E-state index contributed by atoms with van der Waals surface area (Å²) in [5.41, 5.74) is 10.2. The van der Waals surface area contributed by atoms with Gasteiger partial charge in [-0.15, -0.1) is 0 Å². The molecule has 2 heterocycles. The average Bonchev–Trinajstić information content (AvgIpc) is 1.59. The van der Waals surface area contributed by atoms with Crippen LogP contribution in [0.5, 0.6) is 0 Å². The van der Waals surface area contributed by atoms with Gasteiger partial charge in [-0.1, -0.05) is 106 Å². The minimum Gasteiger partial charge on any atom is -0.481 e. The first kappa shape index (κ1) is 90.8. The summed E-state index contributed by atoms with van der Waals surface area (Å²) in [6.45, 7) is 33.5. The molecule has 0 bridgehead atoms. The molecule has 0 saturated heterocycles. The predicted molar refractivity (Wildman–Crippen MR) is 425 cm³/mol. The van der Waals surface area contributed by atoms with Gasteiger partial charge < -0.3 is 84.8 Å². The highest BCUT2D eigenvalue weighted by Gasteiger charge is 2.57. The molecule has 6 fully saturated rings. The number of nitrogens with two attached hydrogens (primary N) is 2. The van der Waals surface area contributed by atoms with Gasteiger partial charge in [-0.25, -0.2) is 19.2 Å². The number of alkyl carbamates (subject to hydrolysis) is 1. The molecule has 0 spiro atoms. The quantitative estimate of drug-likeness (QED) is 0.00445. The lowest BCUT2D eigenvalue weighted by molar-refractivity contribution is -0.175. The maximum Gasteiger partial charge on any atom is 0.410 e. The molecular weight excluding hydrogens is 1480 g/mol. The molecule has 11 rings (SSSR count). The second kappa shape index (κ2) is 37.1. The van der Waals surface area contributed by atoms with E-state index in [0.29, 0.717) is 61.4 Å². The van der Waals surface area contributed by atoms with Crippen molar-refractivity contribution in [2.75, 3.05) is 19.6 Å². The number of amidine groups is 1. The Kier molecular flexibility index (Phi) is 29.3. The number of hydrogen-bond donors (Lipinski definition) is 7. The van der Waals surface area contributed by atoms with Gasteiger partial charge in [0.05, 0.1) is 5.41 Å². The molecule has 6 saturated carbocycles. The fourth-order valence-corrected chi connectivity index (χ4v) is 13.1. The van der Waals surface area contributed by atoms with Crippen molar-refractivity contribution in [3.63, 3.8) is 0 Å². The Bertz CT molecular complexity index is 4110. The Morgan fingerprint density at radius 2 is 0.922 bits per heavy atom. The molecule has 9 N–H and O–H groups in total. The van der Waals surface area contributed by atoms with Gasteiger partial charge in [0.15, 0.2) is 17.6 Å². The van der Waals surface area contributed by atoms with E-state index < -0.39 is 98.4 Å². The van der Waals surface area contributed by atoms with E-state index in [2.05, 4.69) is 84.6 Å². The maximum atomic E-state index is 13.4. The number of hydrogen-bond acceptors (Lipinski definition) is 24. The second-order valence-corrected chi connectivity index (χ2v) is 37.3. The van der Waals surface area contributed by atoms with Gasteiger partial charge in [-0.3, -0.25) is 19.2 Å². The lowest BCUT2D eigenvalue weighted by atomic mass is 10.0. The first-order valence-electron chi connectivity index (χ1n) is 39.9. The van der Waals surface area contributed by atoms with Gasteiger partial charge in [0.2, 0.25) is 11.8 Å². The smallest absolute Gasteiger partial charge is 0.410 e. The van der Waals surface area contributed by atoms with E-state index in [1.165, 1.54) is 23.1 Å². The highest BCUT2D eigenvalue weighted by atomic mass is 16.6. The first-order valence-corrected chi connectivity index (χ1v) is 39.9. The van der Waals surface area contributed by atoms with Crippen molar-refractivity contribution in [1.29, 1.82) is 0 Å². The van der Waals surface area contributed by atoms with Crippen molar-refractivity contribution >= 4 is 54.0 Å². The minimum absolute atomic E-state index is 0.0273. The highest BCUT2D eigenvalue weighted by molar-refractivity contribution is 5.95.